The molecule has 0 saturated carbocycles. The van der Waals surface area contributed by atoms with Crippen molar-refractivity contribution in [1.29, 1.82) is 0 Å². The molecular weight excluding hydrogens is 492 g/mol. The van der Waals surface area contributed by atoms with Gasteiger partial charge in [0.05, 0.1) is 16.9 Å². The quantitative estimate of drug-likeness (QED) is 0.287. The summed E-state index contributed by atoms with van der Waals surface area (Å²) in [6, 6.07) is 16.2. The first-order chi connectivity index (χ1) is 19.1. The number of nitrogens with one attached hydrogen (secondary N) is 2. The molecule has 4 heterocycles. The number of anilines is 3. The highest BCUT2D eigenvalue weighted by molar-refractivity contribution is 6.00. The summed E-state index contributed by atoms with van der Waals surface area (Å²) in [6.07, 6.45) is 5.72. The number of fused-ring (bicyclic) bond motifs is 1. The number of piperidine rings is 1. The molecule has 1 aliphatic rings. The van der Waals surface area contributed by atoms with E-state index in [4.69, 9.17) is 14.2 Å². The van der Waals surface area contributed by atoms with Gasteiger partial charge in [0.25, 0.3) is 5.95 Å². The summed E-state index contributed by atoms with van der Waals surface area (Å²) in [5.41, 5.74) is 3.45. The second kappa shape index (κ2) is 10.7. The Hall–Kier alpha value is -4.57. The Kier molecular flexibility index (Phi) is 6.76. The van der Waals surface area contributed by atoms with Gasteiger partial charge in [-0.25, -0.2) is 15.0 Å². The Bertz CT molecular complexity index is 1610. The minimum absolute atomic E-state index is 0.306. The molecule has 10 nitrogen and oxygen atoms in total. The summed E-state index contributed by atoms with van der Waals surface area (Å²) in [6.45, 7) is 5.76. The van der Waals surface area contributed by atoms with Gasteiger partial charge < -0.3 is 24.8 Å². The maximum atomic E-state index is 6.57. The van der Waals surface area contributed by atoms with Gasteiger partial charge >= 0.3 is 0 Å². The van der Waals surface area contributed by atoms with E-state index in [1.165, 1.54) is 0 Å². The molecule has 10 heteroatoms. The second-order valence-corrected chi connectivity index (χ2v) is 9.67. The molecule has 2 aromatic carbocycles. The van der Waals surface area contributed by atoms with Gasteiger partial charge in [-0.3, -0.25) is 0 Å². The maximum absolute atomic E-state index is 6.57. The number of pyridine rings is 1. The lowest BCUT2D eigenvalue weighted by Crippen LogP contribution is -2.38. The minimum Gasteiger partial charge on any atom is -0.437 e. The Morgan fingerprint density at radius 3 is 2.74 bits per heavy atom. The van der Waals surface area contributed by atoms with Gasteiger partial charge in [0, 0.05) is 49.7 Å². The second-order valence-electron chi connectivity index (χ2n) is 9.67. The van der Waals surface area contributed by atoms with E-state index in [0.717, 1.165) is 65.0 Å². The topological polar surface area (TPSA) is 114 Å². The lowest BCUT2D eigenvalue weighted by atomic mass is 10.0. The third-order valence-electron chi connectivity index (χ3n) is 6.90. The van der Waals surface area contributed by atoms with Crippen LogP contribution in [0, 0.1) is 13.8 Å². The first kappa shape index (κ1) is 24.7. The van der Waals surface area contributed by atoms with Crippen LogP contribution in [0.3, 0.4) is 0 Å². The van der Waals surface area contributed by atoms with Crippen molar-refractivity contribution in [2.45, 2.75) is 32.7 Å². The molecule has 6 rings (SSSR count). The van der Waals surface area contributed by atoms with Crippen molar-refractivity contribution in [3.05, 3.63) is 72.4 Å². The molecule has 0 bridgehead atoms. The summed E-state index contributed by atoms with van der Waals surface area (Å²) >= 11 is 0. The van der Waals surface area contributed by atoms with E-state index in [1.807, 2.05) is 61.3 Å². The van der Waals surface area contributed by atoms with Gasteiger partial charge in [-0.2, -0.15) is 4.98 Å². The van der Waals surface area contributed by atoms with Gasteiger partial charge in [0.15, 0.2) is 0 Å². The largest absolute Gasteiger partial charge is 0.437 e. The van der Waals surface area contributed by atoms with Crippen molar-refractivity contribution < 1.29 is 9.26 Å². The van der Waals surface area contributed by atoms with E-state index in [1.54, 1.807) is 19.3 Å². The lowest BCUT2D eigenvalue weighted by molar-refractivity contribution is 0.393. The van der Waals surface area contributed by atoms with E-state index < -0.39 is 0 Å². The van der Waals surface area contributed by atoms with E-state index in [9.17, 15) is 0 Å². The number of hydrogen-bond acceptors (Lipinski definition) is 10. The molecular formula is C29H30N8O2. The minimum atomic E-state index is 0.306. The molecule has 2 N–H and O–H groups in total. The van der Waals surface area contributed by atoms with Crippen molar-refractivity contribution in [1.82, 2.24) is 30.4 Å². The maximum Gasteiger partial charge on any atom is 0.270 e. The van der Waals surface area contributed by atoms with E-state index in [0.29, 0.717) is 29.7 Å². The molecule has 3 aromatic heterocycles. The third kappa shape index (κ3) is 5.10. The SMILES string of the molecule is Cc1nc(N(C)c2cccc3c(Oc4ncccc4-c4ccnc(N[C@H]5CCCNC5)n4)c(C)ccc23)no1. The molecule has 1 fully saturated rings. The Morgan fingerprint density at radius 1 is 1.00 bits per heavy atom. The molecule has 0 radical (unpaired) electrons. The van der Waals surface area contributed by atoms with Crippen LogP contribution in [0.5, 0.6) is 11.6 Å². The van der Waals surface area contributed by atoms with Crippen LogP contribution in [0.15, 0.2) is 65.4 Å². The Labute approximate surface area is 226 Å². The van der Waals surface area contributed by atoms with Gasteiger partial charge in [-0.15, -0.1) is 0 Å². The molecule has 0 amide bonds. The average molecular weight is 523 g/mol. The highest BCUT2D eigenvalue weighted by Gasteiger charge is 2.19. The summed E-state index contributed by atoms with van der Waals surface area (Å²) in [4.78, 5) is 20.1. The molecule has 39 heavy (non-hydrogen) atoms. The van der Waals surface area contributed by atoms with E-state index in [2.05, 4.69) is 36.8 Å². The Morgan fingerprint density at radius 2 is 1.92 bits per heavy atom. The number of benzene rings is 2. The first-order valence-corrected chi connectivity index (χ1v) is 13.1. The molecule has 1 saturated heterocycles. The molecule has 0 unspecified atom stereocenters. The van der Waals surface area contributed by atoms with Crippen LogP contribution < -0.4 is 20.3 Å². The summed E-state index contributed by atoms with van der Waals surface area (Å²) in [7, 11) is 1.92. The summed E-state index contributed by atoms with van der Waals surface area (Å²) < 4.78 is 11.8. The van der Waals surface area contributed by atoms with Crippen molar-refractivity contribution in [3.63, 3.8) is 0 Å². The zero-order chi connectivity index (χ0) is 26.8. The number of rotatable bonds is 7. The summed E-state index contributed by atoms with van der Waals surface area (Å²) in [5.74, 6) is 2.81. The third-order valence-corrected chi connectivity index (χ3v) is 6.90. The zero-order valence-corrected chi connectivity index (χ0v) is 22.2. The fourth-order valence-electron chi connectivity index (χ4n) is 4.88. The Balaban J connectivity index is 1.35. The fourth-order valence-corrected chi connectivity index (χ4v) is 4.88. The van der Waals surface area contributed by atoms with E-state index in [-0.39, 0.29) is 0 Å². The zero-order valence-electron chi connectivity index (χ0n) is 22.2. The standard InChI is InChI=1S/C29H30N8O2/c1-18-11-12-21-22(8-4-10-25(21)37(3)29-33-19(2)39-36-29)26(18)38-27-23(9-6-15-31-27)24-13-16-32-28(35-24)34-20-7-5-14-30-17-20/h4,6,8-13,15-16,20,30H,5,7,14,17H2,1-3H3,(H,32,34,35)/t20-/m0/s1. The van der Waals surface area contributed by atoms with Crippen LogP contribution >= 0.6 is 0 Å². The van der Waals surface area contributed by atoms with Crippen LogP contribution in [0.4, 0.5) is 17.6 Å². The highest BCUT2D eigenvalue weighted by Crippen LogP contribution is 2.40. The van der Waals surface area contributed by atoms with E-state index >= 15 is 0 Å². The predicted molar refractivity (Wildman–Crippen MR) is 151 cm³/mol. The molecule has 1 aliphatic heterocycles. The van der Waals surface area contributed by atoms with Gasteiger partial charge in [-0.05, 0) is 61.3 Å². The highest BCUT2D eigenvalue weighted by atomic mass is 16.5. The molecule has 0 spiro atoms. The molecule has 1 atom stereocenters. The summed E-state index contributed by atoms with van der Waals surface area (Å²) in [5, 5.41) is 12.9. The van der Waals surface area contributed by atoms with Gasteiger partial charge in [0.2, 0.25) is 17.7 Å². The molecule has 0 aliphatic carbocycles. The van der Waals surface area contributed by atoms with Gasteiger partial charge in [0.1, 0.15) is 5.75 Å². The van der Waals surface area contributed by atoms with Crippen LogP contribution in [-0.4, -0.2) is 51.3 Å². The number of ether oxygens (including phenoxy) is 1. The monoisotopic (exact) mass is 522 g/mol. The number of hydrogen-bond donors (Lipinski definition) is 2. The van der Waals surface area contributed by atoms with Crippen molar-refractivity contribution in [2.75, 3.05) is 30.4 Å². The predicted octanol–water partition coefficient (Wildman–Crippen LogP) is 5.42. The smallest absolute Gasteiger partial charge is 0.270 e. The average Bonchev–Trinajstić information content (AvgIpc) is 3.41. The lowest BCUT2D eigenvalue weighted by Gasteiger charge is -2.23. The van der Waals surface area contributed by atoms with Crippen LogP contribution in [0.1, 0.15) is 24.3 Å². The van der Waals surface area contributed by atoms with Crippen LogP contribution in [0.25, 0.3) is 22.0 Å². The number of nitrogens with zero attached hydrogens (tertiary/aromatic N) is 6. The van der Waals surface area contributed by atoms with Crippen LogP contribution in [-0.2, 0) is 0 Å². The van der Waals surface area contributed by atoms with Crippen molar-refractivity contribution in [2.24, 2.45) is 0 Å². The number of aromatic nitrogens is 5. The molecule has 5 aromatic rings. The fraction of sp³-hybridized carbons (Fsp3) is 0.276. The van der Waals surface area contributed by atoms with Crippen molar-refractivity contribution >= 4 is 28.4 Å². The van der Waals surface area contributed by atoms with Crippen molar-refractivity contribution in [3.8, 4) is 22.9 Å². The van der Waals surface area contributed by atoms with Crippen LogP contribution in [0.2, 0.25) is 0 Å². The van der Waals surface area contributed by atoms with Gasteiger partial charge in [-0.1, -0.05) is 24.3 Å². The first-order valence-electron chi connectivity index (χ1n) is 13.1. The number of aryl methyl sites for hydroxylation is 2. The molecule has 198 valence electrons. The normalized spacial score (nSPS) is 15.3.